The molecule has 1 fully saturated rings. The molecule has 0 spiro atoms. The van der Waals surface area contributed by atoms with Crippen molar-refractivity contribution in [2.45, 2.75) is 25.4 Å². The Labute approximate surface area is 107 Å². The molecule has 1 heterocycles. The summed E-state index contributed by atoms with van der Waals surface area (Å²) in [7, 11) is 2.10. The summed E-state index contributed by atoms with van der Waals surface area (Å²) < 4.78 is 0. The number of likely N-dealkylation sites (N-methyl/N-ethyl adjacent to an activating group) is 1. The monoisotopic (exact) mass is 254 g/mol. The highest BCUT2D eigenvalue weighted by Crippen LogP contribution is 2.23. The van der Waals surface area contributed by atoms with Crippen molar-refractivity contribution < 1.29 is 5.11 Å². The molecule has 1 aliphatic rings. The van der Waals surface area contributed by atoms with Gasteiger partial charge in [-0.2, -0.15) is 0 Å². The highest BCUT2D eigenvalue weighted by atomic mass is 35.5. The van der Waals surface area contributed by atoms with E-state index in [0.717, 1.165) is 25.2 Å². The average molecular weight is 255 g/mol. The van der Waals surface area contributed by atoms with Gasteiger partial charge < -0.3 is 10.4 Å². The molecule has 3 nitrogen and oxygen atoms in total. The number of halogens is 1. The van der Waals surface area contributed by atoms with Crippen LogP contribution in [0.3, 0.4) is 0 Å². The fourth-order valence-electron chi connectivity index (χ4n) is 2.29. The molecule has 0 aromatic heterocycles. The average Bonchev–Trinajstić information content (AvgIpc) is 2.35. The standard InChI is InChI=1S/C13H19ClN2O/c1-16(12-3-2-6-15-8-12)9-10-7-11(14)4-5-13(10)17/h4-5,7,12,15,17H,2-3,6,8-9H2,1H3. The predicted molar refractivity (Wildman–Crippen MR) is 70.5 cm³/mol. The maximum absolute atomic E-state index is 9.78. The van der Waals surface area contributed by atoms with Crippen molar-refractivity contribution in [3.8, 4) is 5.75 Å². The molecule has 1 aromatic rings. The van der Waals surface area contributed by atoms with Crippen LogP contribution in [0, 0.1) is 0 Å². The molecule has 0 bridgehead atoms. The highest BCUT2D eigenvalue weighted by molar-refractivity contribution is 6.30. The Hall–Kier alpha value is -0.770. The molecule has 94 valence electrons. The quantitative estimate of drug-likeness (QED) is 0.868. The molecule has 0 amide bonds. The topological polar surface area (TPSA) is 35.5 Å². The fourth-order valence-corrected chi connectivity index (χ4v) is 2.48. The Kier molecular flexibility index (Phi) is 4.26. The number of rotatable bonds is 3. The van der Waals surface area contributed by atoms with Crippen LogP contribution in [-0.2, 0) is 6.54 Å². The Morgan fingerprint density at radius 1 is 1.53 bits per heavy atom. The van der Waals surface area contributed by atoms with Crippen molar-refractivity contribution in [2.75, 3.05) is 20.1 Å². The van der Waals surface area contributed by atoms with Crippen molar-refractivity contribution >= 4 is 11.6 Å². The van der Waals surface area contributed by atoms with Crippen molar-refractivity contribution in [1.82, 2.24) is 10.2 Å². The molecule has 2 rings (SSSR count). The van der Waals surface area contributed by atoms with Crippen molar-refractivity contribution in [1.29, 1.82) is 0 Å². The molecule has 0 aliphatic carbocycles. The van der Waals surface area contributed by atoms with Crippen LogP contribution >= 0.6 is 11.6 Å². The third-order valence-corrected chi connectivity index (χ3v) is 3.59. The zero-order valence-corrected chi connectivity index (χ0v) is 10.9. The number of hydrogen-bond acceptors (Lipinski definition) is 3. The lowest BCUT2D eigenvalue weighted by Crippen LogP contribution is -2.43. The summed E-state index contributed by atoms with van der Waals surface area (Å²) in [5.74, 6) is 0.324. The summed E-state index contributed by atoms with van der Waals surface area (Å²) in [5.41, 5.74) is 0.894. The zero-order valence-electron chi connectivity index (χ0n) is 10.1. The number of phenols is 1. The number of hydrogen-bond donors (Lipinski definition) is 2. The molecule has 0 radical (unpaired) electrons. The lowest BCUT2D eigenvalue weighted by atomic mass is 10.1. The van der Waals surface area contributed by atoms with Gasteiger partial charge in [-0.15, -0.1) is 0 Å². The molecule has 17 heavy (non-hydrogen) atoms. The van der Waals surface area contributed by atoms with Gasteiger partial charge in [0.2, 0.25) is 0 Å². The van der Waals surface area contributed by atoms with E-state index in [9.17, 15) is 5.11 Å². The molecule has 1 saturated heterocycles. The van der Waals surface area contributed by atoms with Gasteiger partial charge in [-0.1, -0.05) is 11.6 Å². The van der Waals surface area contributed by atoms with Crippen LogP contribution in [0.5, 0.6) is 5.75 Å². The van der Waals surface area contributed by atoms with Gasteiger partial charge in [-0.3, -0.25) is 4.90 Å². The molecule has 2 N–H and O–H groups in total. The summed E-state index contributed by atoms with van der Waals surface area (Å²) in [5, 5.41) is 13.9. The van der Waals surface area contributed by atoms with E-state index < -0.39 is 0 Å². The van der Waals surface area contributed by atoms with E-state index >= 15 is 0 Å². The van der Waals surface area contributed by atoms with Gasteiger partial charge in [0.1, 0.15) is 5.75 Å². The van der Waals surface area contributed by atoms with E-state index in [1.54, 1.807) is 12.1 Å². The number of piperidine rings is 1. The minimum absolute atomic E-state index is 0.324. The smallest absolute Gasteiger partial charge is 0.120 e. The van der Waals surface area contributed by atoms with Crippen LogP contribution in [-0.4, -0.2) is 36.2 Å². The van der Waals surface area contributed by atoms with Crippen molar-refractivity contribution in [3.05, 3.63) is 28.8 Å². The summed E-state index contributed by atoms with van der Waals surface area (Å²) >= 11 is 5.94. The second kappa shape index (κ2) is 5.71. The predicted octanol–water partition coefficient (Wildman–Crippen LogP) is 2.23. The van der Waals surface area contributed by atoms with Gasteiger partial charge >= 0.3 is 0 Å². The molecule has 1 aromatic carbocycles. The Morgan fingerprint density at radius 2 is 2.35 bits per heavy atom. The third-order valence-electron chi connectivity index (χ3n) is 3.36. The van der Waals surface area contributed by atoms with E-state index in [-0.39, 0.29) is 0 Å². The number of nitrogens with one attached hydrogen (secondary N) is 1. The van der Waals surface area contributed by atoms with Gasteiger partial charge in [0.05, 0.1) is 0 Å². The van der Waals surface area contributed by atoms with E-state index in [1.165, 1.54) is 12.8 Å². The van der Waals surface area contributed by atoms with Crippen LogP contribution in [0.4, 0.5) is 0 Å². The maximum Gasteiger partial charge on any atom is 0.120 e. The fraction of sp³-hybridized carbons (Fsp3) is 0.538. The largest absolute Gasteiger partial charge is 0.508 e. The molecule has 1 atom stereocenters. The second-order valence-electron chi connectivity index (χ2n) is 4.69. The lowest BCUT2D eigenvalue weighted by molar-refractivity contribution is 0.194. The normalized spacial score (nSPS) is 20.8. The van der Waals surface area contributed by atoms with Crippen LogP contribution in [0.15, 0.2) is 18.2 Å². The van der Waals surface area contributed by atoms with Gasteiger partial charge in [0.25, 0.3) is 0 Å². The number of aromatic hydroxyl groups is 1. The van der Waals surface area contributed by atoms with Gasteiger partial charge in [-0.25, -0.2) is 0 Å². The minimum Gasteiger partial charge on any atom is -0.508 e. The lowest BCUT2D eigenvalue weighted by Gasteiger charge is -2.31. The van der Waals surface area contributed by atoms with Crippen LogP contribution in [0.25, 0.3) is 0 Å². The van der Waals surface area contributed by atoms with E-state index in [0.29, 0.717) is 16.8 Å². The Morgan fingerprint density at radius 3 is 3.06 bits per heavy atom. The number of benzene rings is 1. The first-order valence-electron chi connectivity index (χ1n) is 6.05. The first kappa shape index (κ1) is 12.7. The van der Waals surface area contributed by atoms with E-state index in [1.807, 2.05) is 6.07 Å². The molecule has 1 aliphatic heterocycles. The number of phenolic OH excluding ortho intramolecular Hbond substituents is 1. The van der Waals surface area contributed by atoms with Gasteiger partial charge in [-0.05, 0) is 44.6 Å². The molecular formula is C13H19ClN2O. The second-order valence-corrected chi connectivity index (χ2v) is 5.12. The summed E-state index contributed by atoms with van der Waals surface area (Å²) in [6, 6.07) is 5.75. The third kappa shape index (κ3) is 3.35. The van der Waals surface area contributed by atoms with E-state index in [2.05, 4.69) is 17.3 Å². The summed E-state index contributed by atoms with van der Waals surface area (Å²) in [6.45, 7) is 2.88. The molecule has 0 saturated carbocycles. The number of nitrogens with zero attached hydrogens (tertiary/aromatic N) is 1. The summed E-state index contributed by atoms with van der Waals surface area (Å²) in [4.78, 5) is 2.28. The maximum atomic E-state index is 9.78. The minimum atomic E-state index is 0.324. The van der Waals surface area contributed by atoms with Crippen molar-refractivity contribution in [3.63, 3.8) is 0 Å². The van der Waals surface area contributed by atoms with Crippen molar-refractivity contribution in [2.24, 2.45) is 0 Å². The molecular weight excluding hydrogens is 236 g/mol. The van der Waals surface area contributed by atoms with Gasteiger partial charge in [0, 0.05) is 29.7 Å². The van der Waals surface area contributed by atoms with Crippen LogP contribution in [0.1, 0.15) is 18.4 Å². The zero-order chi connectivity index (χ0) is 12.3. The van der Waals surface area contributed by atoms with Crippen LogP contribution < -0.4 is 5.32 Å². The van der Waals surface area contributed by atoms with Gasteiger partial charge in [0.15, 0.2) is 0 Å². The van der Waals surface area contributed by atoms with Crippen LogP contribution in [0.2, 0.25) is 5.02 Å². The highest BCUT2D eigenvalue weighted by Gasteiger charge is 2.18. The SMILES string of the molecule is CN(Cc1cc(Cl)ccc1O)C1CCCNC1. The first-order valence-corrected chi connectivity index (χ1v) is 6.43. The Balaban J connectivity index is 2.01. The van der Waals surface area contributed by atoms with E-state index in [4.69, 9.17) is 11.6 Å². The Bertz CT molecular complexity index is 378. The first-order chi connectivity index (χ1) is 8.16. The summed E-state index contributed by atoms with van der Waals surface area (Å²) in [6.07, 6.45) is 2.43. The molecule has 4 heteroatoms. The molecule has 1 unspecified atom stereocenters.